The van der Waals surface area contributed by atoms with Gasteiger partial charge >= 0.3 is 0 Å². The Morgan fingerprint density at radius 3 is 2.94 bits per heavy atom. The second-order valence-electron chi connectivity index (χ2n) is 3.85. The maximum Gasteiger partial charge on any atom is 0.188 e. The van der Waals surface area contributed by atoms with E-state index in [1.54, 1.807) is 24.2 Å². The van der Waals surface area contributed by atoms with Gasteiger partial charge < -0.3 is 9.32 Å². The predicted octanol–water partition coefficient (Wildman–Crippen LogP) is 2.39. The second-order valence-corrected chi connectivity index (χ2v) is 4.92. The predicted molar refractivity (Wildman–Crippen MR) is 69.0 cm³/mol. The molecule has 0 bridgehead atoms. The standard InChI is InChI=1S/C12H15N3OS/c1-15(2)7-9-17-12-13-6-5-10(14-12)11-4-3-8-16-11/h3-6,8H,7,9H2,1-2H3. The van der Waals surface area contributed by atoms with Gasteiger partial charge in [-0.05, 0) is 32.3 Å². The largest absolute Gasteiger partial charge is 0.463 e. The molecule has 0 atom stereocenters. The first kappa shape index (κ1) is 12.1. The van der Waals surface area contributed by atoms with Crippen LogP contribution in [0.4, 0.5) is 0 Å². The van der Waals surface area contributed by atoms with Gasteiger partial charge in [0.15, 0.2) is 10.9 Å². The minimum Gasteiger partial charge on any atom is -0.463 e. The molecule has 0 aliphatic heterocycles. The number of hydrogen-bond acceptors (Lipinski definition) is 5. The lowest BCUT2D eigenvalue weighted by Crippen LogP contribution is -2.14. The zero-order chi connectivity index (χ0) is 12.1. The maximum absolute atomic E-state index is 5.31. The lowest BCUT2D eigenvalue weighted by molar-refractivity contribution is 0.437. The lowest BCUT2D eigenvalue weighted by Gasteiger charge is -2.07. The van der Waals surface area contributed by atoms with E-state index in [0.717, 1.165) is 28.9 Å². The highest BCUT2D eigenvalue weighted by molar-refractivity contribution is 7.99. The Labute approximate surface area is 105 Å². The molecule has 4 nitrogen and oxygen atoms in total. The van der Waals surface area contributed by atoms with E-state index in [0.29, 0.717) is 0 Å². The highest BCUT2D eigenvalue weighted by atomic mass is 32.2. The van der Waals surface area contributed by atoms with Gasteiger partial charge in [0.2, 0.25) is 0 Å². The lowest BCUT2D eigenvalue weighted by atomic mass is 10.3. The Hall–Kier alpha value is -1.33. The molecule has 17 heavy (non-hydrogen) atoms. The van der Waals surface area contributed by atoms with Crippen LogP contribution in [0.15, 0.2) is 40.2 Å². The first-order valence-electron chi connectivity index (χ1n) is 5.40. The van der Waals surface area contributed by atoms with Crippen molar-refractivity contribution in [3.63, 3.8) is 0 Å². The fourth-order valence-corrected chi connectivity index (χ4v) is 2.23. The van der Waals surface area contributed by atoms with Crippen molar-refractivity contribution in [2.75, 3.05) is 26.4 Å². The number of thioether (sulfide) groups is 1. The molecule has 2 rings (SSSR count). The fourth-order valence-electron chi connectivity index (χ4n) is 1.29. The van der Waals surface area contributed by atoms with Crippen molar-refractivity contribution in [2.24, 2.45) is 0 Å². The van der Waals surface area contributed by atoms with E-state index in [9.17, 15) is 0 Å². The Kier molecular flexibility index (Phi) is 4.17. The molecule has 0 aliphatic rings. The van der Waals surface area contributed by atoms with Crippen LogP contribution in [0.5, 0.6) is 0 Å². The third-order valence-corrected chi connectivity index (χ3v) is 3.02. The average Bonchev–Trinajstić information content (AvgIpc) is 2.82. The number of hydrogen-bond donors (Lipinski definition) is 0. The summed E-state index contributed by atoms with van der Waals surface area (Å²) in [5.74, 6) is 1.76. The molecule has 2 aromatic rings. The van der Waals surface area contributed by atoms with Crippen molar-refractivity contribution in [3.8, 4) is 11.5 Å². The minimum atomic E-state index is 0.779. The van der Waals surface area contributed by atoms with E-state index >= 15 is 0 Å². The van der Waals surface area contributed by atoms with Gasteiger partial charge in [-0.2, -0.15) is 0 Å². The molecular formula is C12H15N3OS. The second kappa shape index (κ2) is 5.84. The molecule has 0 radical (unpaired) electrons. The quantitative estimate of drug-likeness (QED) is 0.601. The molecular weight excluding hydrogens is 234 g/mol. The molecule has 0 aromatic carbocycles. The van der Waals surface area contributed by atoms with Crippen molar-refractivity contribution < 1.29 is 4.42 Å². The molecule has 5 heteroatoms. The van der Waals surface area contributed by atoms with Crippen molar-refractivity contribution in [3.05, 3.63) is 30.7 Å². The van der Waals surface area contributed by atoms with E-state index in [1.807, 2.05) is 18.2 Å². The Morgan fingerprint density at radius 2 is 2.24 bits per heavy atom. The highest BCUT2D eigenvalue weighted by Gasteiger charge is 2.04. The summed E-state index contributed by atoms with van der Waals surface area (Å²) in [7, 11) is 4.11. The Bertz CT molecular complexity index is 457. The molecule has 2 aromatic heterocycles. The van der Waals surface area contributed by atoms with Gasteiger partial charge in [-0.25, -0.2) is 9.97 Å². The summed E-state index contributed by atoms with van der Waals surface area (Å²) in [5.41, 5.74) is 0.831. The van der Waals surface area contributed by atoms with E-state index in [-0.39, 0.29) is 0 Å². The van der Waals surface area contributed by atoms with Gasteiger partial charge in [-0.3, -0.25) is 0 Å². The van der Waals surface area contributed by atoms with Crippen LogP contribution in [0.3, 0.4) is 0 Å². The van der Waals surface area contributed by atoms with E-state index in [4.69, 9.17) is 4.42 Å². The summed E-state index contributed by atoms with van der Waals surface area (Å²) in [5, 5.41) is 0.792. The van der Waals surface area contributed by atoms with Crippen LogP contribution in [-0.4, -0.2) is 41.3 Å². The van der Waals surface area contributed by atoms with Crippen LogP contribution >= 0.6 is 11.8 Å². The number of rotatable bonds is 5. The monoisotopic (exact) mass is 249 g/mol. The van der Waals surface area contributed by atoms with Crippen molar-refractivity contribution in [1.82, 2.24) is 14.9 Å². The third-order valence-electron chi connectivity index (χ3n) is 2.18. The van der Waals surface area contributed by atoms with Gasteiger partial charge in [-0.15, -0.1) is 0 Å². The van der Waals surface area contributed by atoms with Gasteiger partial charge in [0.1, 0.15) is 5.69 Å². The molecule has 0 unspecified atom stereocenters. The van der Waals surface area contributed by atoms with Crippen LogP contribution in [-0.2, 0) is 0 Å². The van der Waals surface area contributed by atoms with Gasteiger partial charge in [0.25, 0.3) is 0 Å². The zero-order valence-electron chi connectivity index (χ0n) is 9.96. The Balaban J connectivity index is 2.02. The molecule has 0 spiro atoms. The van der Waals surface area contributed by atoms with Crippen LogP contribution in [0.25, 0.3) is 11.5 Å². The maximum atomic E-state index is 5.31. The summed E-state index contributed by atoms with van der Waals surface area (Å²) >= 11 is 1.65. The summed E-state index contributed by atoms with van der Waals surface area (Å²) in [4.78, 5) is 10.8. The molecule has 0 saturated heterocycles. The van der Waals surface area contributed by atoms with Crippen LogP contribution < -0.4 is 0 Å². The summed E-state index contributed by atoms with van der Waals surface area (Å²) in [6.45, 7) is 1.01. The highest BCUT2D eigenvalue weighted by Crippen LogP contribution is 2.20. The molecule has 0 saturated carbocycles. The van der Waals surface area contributed by atoms with Gasteiger partial charge in [0.05, 0.1) is 6.26 Å². The van der Waals surface area contributed by atoms with E-state index < -0.39 is 0 Å². The van der Waals surface area contributed by atoms with Crippen molar-refractivity contribution in [1.29, 1.82) is 0 Å². The van der Waals surface area contributed by atoms with E-state index in [1.165, 1.54) is 0 Å². The third kappa shape index (κ3) is 3.57. The zero-order valence-corrected chi connectivity index (χ0v) is 10.8. The fraction of sp³-hybridized carbons (Fsp3) is 0.333. The molecule has 0 N–H and O–H groups in total. The van der Waals surface area contributed by atoms with Crippen LogP contribution in [0, 0.1) is 0 Å². The van der Waals surface area contributed by atoms with Crippen molar-refractivity contribution in [2.45, 2.75) is 5.16 Å². The molecule has 0 amide bonds. The molecule has 0 fully saturated rings. The number of aromatic nitrogens is 2. The van der Waals surface area contributed by atoms with Crippen molar-refractivity contribution >= 4 is 11.8 Å². The first-order valence-corrected chi connectivity index (χ1v) is 6.39. The summed E-state index contributed by atoms with van der Waals surface area (Å²) in [6, 6.07) is 5.61. The molecule has 90 valence electrons. The van der Waals surface area contributed by atoms with Gasteiger partial charge in [-0.1, -0.05) is 11.8 Å². The molecule has 0 aliphatic carbocycles. The van der Waals surface area contributed by atoms with Crippen LogP contribution in [0.2, 0.25) is 0 Å². The normalized spacial score (nSPS) is 11.0. The Morgan fingerprint density at radius 1 is 1.35 bits per heavy atom. The SMILES string of the molecule is CN(C)CCSc1nccc(-c2ccco2)n1. The van der Waals surface area contributed by atoms with E-state index in [2.05, 4.69) is 29.0 Å². The average molecular weight is 249 g/mol. The summed E-state index contributed by atoms with van der Waals surface area (Å²) in [6.07, 6.45) is 3.42. The topological polar surface area (TPSA) is 42.2 Å². The number of nitrogens with zero attached hydrogens (tertiary/aromatic N) is 3. The minimum absolute atomic E-state index is 0.779. The number of furan rings is 1. The first-order chi connectivity index (χ1) is 8.25. The van der Waals surface area contributed by atoms with Crippen LogP contribution in [0.1, 0.15) is 0 Å². The smallest absolute Gasteiger partial charge is 0.188 e. The van der Waals surface area contributed by atoms with Gasteiger partial charge in [0, 0.05) is 18.5 Å². The molecule has 2 heterocycles. The summed E-state index contributed by atoms with van der Waals surface area (Å²) < 4.78 is 5.31.